The molecule has 0 amide bonds. The molecule has 3 heterocycles. The van der Waals surface area contributed by atoms with Gasteiger partial charge in [0, 0.05) is 16.0 Å². The number of aliphatic imine (C=N–C) groups is 1. The summed E-state index contributed by atoms with van der Waals surface area (Å²) in [6, 6.07) is 8.91. The van der Waals surface area contributed by atoms with Crippen LogP contribution in [-0.2, 0) is 13.0 Å². The van der Waals surface area contributed by atoms with Crippen LogP contribution in [-0.4, -0.2) is 20.5 Å². The zero-order valence-electron chi connectivity index (χ0n) is 20.1. The van der Waals surface area contributed by atoms with Gasteiger partial charge in [0.15, 0.2) is 5.82 Å². The molecule has 3 aromatic rings. The smallest absolute Gasteiger partial charge is 0.160 e. The van der Waals surface area contributed by atoms with Crippen LogP contribution in [0.15, 0.2) is 29.3 Å². The van der Waals surface area contributed by atoms with Crippen LogP contribution in [0.2, 0.25) is 0 Å². The summed E-state index contributed by atoms with van der Waals surface area (Å²) in [4.78, 5) is 6.49. The summed E-state index contributed by atoms with van der Waals surface area (Å²) in [5, 5.41) is 10.00. The summed E-state index contributed by atoms with van der Waals surface area (Å²) in [6.07, 6.45) is 12.0. The van der Waals surface area contributed by atoms with Crippen molar-refractivity contribution in [2.45, 2.75) is 92.0 Å². The molecule has 0 aliphatic carbocycles. The van der Waals surface area contributed by atoms with Crippen LogP contribution in [0.3, 0.4) is 0 Å². The topological polar surface area (TPSA) is 43.1 Å². The molecule has 1 aromatic carbocycles. The summed E-state index contributed by atoms with van der Waals surface area (Å²) >= 11 is 1.90. The van der Waals surface area contributed by atoms with Crippen LogP contribution in [0.1, 0.15) is 97.1 Å². The molecule has 5 heteroatoms. The predicted molar refractivity (Wildman–Crippen MR) is 136 cm³/mol. The molecule has 0 atom stereocenters. The van der Waals surface area contributed by atoms with Gasteiger partial charge in [-0.1, -0.05) is 70.1 Å². The molecule has 4 rings (SSSR count). The normalized spacial score (nSPS) is 12.9. The molecular formula is C27H36N4S. The van der Waals surface area contributed by atoms with Gasteiger partial charge >= 0.3 is 0 Å². The SMILES string of the molecule is CCCCCCCCCCc1cc2c(s1)-n1c(C)nnc1CN=C2c1cccc(C)c1C. The first-order valence-corrected chi connectivity index (χ1v) is 13.1. The standard InChI is InChI=1S/C27H36N4S/c1-5-6-7-8-9-10-11-12-15-22-17-24-26(23-16-13-14-19(2)20(23)3)28-18-25-30-29-21(4)31(25)27(24)32-22/h13-14,16-17H,5-12,15,18H2,1-4H3. The molecule has 0 radical (unpaired) electrons. The maximum absolute atomic E-state index is 5.05. The molecule has 0 saturated carbocycles. The zero-order chi connectivity index (χ0) is 22.5. The van der Waals surface area contributed by atoms with Crippen molar-refractivity contribution in [3.8, 4) is 5.00 Å². The lowest BCUT2D eigenvalue weighted by molar-refractivity contribution is 0.576. The molecule has 4 nitrogen and oxygen atoms in total. The Kier molecular flexibility index (Phi) is 7.56. The van der Waals surface area contributed by atoms with Crippen LogP contribution >= 0.6 is 11.3 Å². The first-order chi connectivity index (χ1) is 15.6. The largest absolute Gasteiger partial charge is 0.276 e. The number of nitrogens with zero attached hydrogens (tertiary/aromatic N) is 4. The van der Waals surface area contributed by atoms with Gasteiger partial charge in [-0.2, -0.15) is 0 Å². The number of thiophene rings is 1. The van der Waals surface area contributed by atoms with Crippen LogP contribution in [0.5, 0.6) is 0 Å². The van der Waals surface area contributed by atoms with Gasteiger partial charge in [-0.05, 0) is 50.8 Å². The van der Waals surface area contributed by atoms with E-state index in [1.165, 1.54) is 83.5 Å². The summed E-state index contributed by atoms with van der Waals surface area (Å²) in [6.45, 7) is 9.27. The molecule has 0 spiro atoms. The van der Waals surface area contributed by atoms with Crippen molar-refractivity contribution in [3.63, 3.8) is 0 Å². The fraction of sp³-hybridized carbons (Fsp3) is 0.519. The van der Waals surface area contributed by atoms with Gasteiger partial charge < -0.3 is 0 Å². The molecule has 0 saturated heterocycles. The maximum Gasteiger partial charge on any atom is 0.160 e. The zero-order valence-corrected chi connectivity index (χ0v) is 20.9. The minimum atomic E-state index is 0.568. The quantitative estimate of drug-likeness (QED) is 0.306. The third-order valence-corrected chi connectivity index (χ3v) is 7.81. The van der Waals surface area contributed by atoms with E-state index < -0.39 is 0 Å². The lowest BCUT2D eigenvalue weighted by Gasteiger charge is -2.11. The molecule has 1 aliphatic heterocycles. The Morgan fingerprint density at radius 1 is 0.906 bits per heavy atom. The molecule has 0 bridgehead atoms. The Balaban J connectivity index is 1.55. The number of fused-ring (bicyclic) bond motifs is 3. The number of hydrogen-bond donors (Lipinski definition) is 0. The molecule has 0 N–H and O–H groups in total. The van der Waals surface area contributed by atoms with Crippen LogP contribution in [0.25, 0.3) is 5.00 Å². The van der Waals surface area contributed by atoms with Gasteiger partial charge in [0.2, 0.25) is 0 Å². The van der Waals surface area contributed by atoms with Crippen LogP contribution < -0.4 is 0 Å². The van der Waals surface area contributed by atoms with E-state index >= 15 is 0 Å². The van der Waals surface area contributed by atoms with E-state index in [4.69, 9.17) is 4.99 Å². The van der Waals surface area contributed by atoms with Gasteiger partial charge in [-0.15, -0.1) is 21.5 Å². The first-order valence-electron chi connectivity index (χ1n) is 12.3. The van der Waals surface area contributed by atoms with Gasteiger partial charge in [0.1, 0.15) is 17.4 Å². The Morgan fingerprint density at radius 2 is 1.66 bits per heavy atom. The van der Waals surface area contributed by atoms with Crippen molar-refractivity contribution in [1.82, 2.24) is 14.8 Å². The number of aryl methyl sites for hydroxylation is 3. The minimum absolute atomic E-state index is 0.568. The van der Waals surface area contributed by atoms with Crippen molar-refractivity contribution in [3.05, 3.63) is 63.0 Å². The Morgan fingerprint density at radius 3 is 2.44 bits per heavy atom. The van der Waals surface area contributed by atoms with E-state index in [9.17, 15) is 0 Å². The highest BCUT2D eigenvalue weighted by Crippen LogP contribution is 2.34. The third kappa shape index (κ3) is 4.88. The Bertz CT molecular complexity index is 1090. The first kappa shape index (κ1) is 22.9. The third-order valence-electron chi connectivity index (χ3n) is 6.63. The molecule has 0 unspecified atom stereocenters. The Hall–Kier alpha value is -2.27. The summed E-state index contributed by atoms with van der Waals surface area (Å²) in [5.41, 5.74) is 6.19. The van der Waals surface area contributed by atoms with E-state index in [-0.39, 0.29) is 0 Å². The second-order valence-electron chi connectivity index (χ2n) is 9.07. The van der Waals surface area contributed by atoms with Crippen molar-refractivity contribution in [2.24, 2.45) is 4.99 Å². The highest BCUT2D eigenvalue weighted by molar-refractivity contribution is 7.15. The maximum atomic E-state index is 5.05. The minimum Gasteiger partial charge on any atom is -0.276 e. The molecule has 0 fully saturated rings. The lowest BCUT2D eigenvalue weighted by Crippen LogP contribution is -2.07. The van der Waals surface area contributed by atoms with E-state index in [0.29, 0.717) is 6.54 Å². The van der Waals surface area contributed by atoms with Crippen LogP contribution in [0, 0.1) is 20.8 Å². The fourth-order valence-electron chi connectivity index (χ4n) is 4.57. The van der Waals surface area contributed by atoms with E-state index in [0.717, 1.165) is 23.8 Å². The van der Waals surface area contributed by atoms with Crippen LogP contribution in [0.4, 0.5) is 0 Å². The summed E-state index contributed by atoms with van der Waals surface area (Å²) < 4.78 is 2.22. The van der Waals surface area contributed by atoms with Gasteiger partial charge in [0.25, 0.3) is 0 Å². The number of aromatic nitrogens is 3. The molecule has 32 heavy (non-hydrogen) atoms. The highest BCUT2D eigenvalue weighted by Gasteiger charge is 2.25. The monoisotopic (exact) mass is 448 g/mol. The number of hydrogen-bond acceptors (Lipinski definition) is 4. The Labute approximate surface area is 196 Å². The van der Waals surface area contributed by atoms with Crippen molar-refractivity contribution < 1.29 is 0 Å². The molecule has 1 aliphatic rings. The van der Waals surface area contributed by atoms with E-state index in [2.05, 4.69) is 59.8 Å². The van der Waals surface area contributed by atoms with Crippen molar-refractivity contribution in [1.29, 1.82) is 0 Å². The fourth-order valence-corrected chi connectivity index (χ4v) is 5.83. The average Bonchev–Trinajstić information content (AvgIpc) is 3.32. The van der Waals surface area contributed by atoms with Gasteiger partial charge in [-0.25, -0.2) is 0 Å². The highest BCUT2D eigenvalue weighted by atomic mass is 32.1. The predicted octanol–water partition coefficient (Wildman–Crippen LogP) is 7.29. The number of unbranched alkanes of at least 4 members (excludes halogenated alkanes) is 7. The van der Waals surface area contributed by atoms with Gasteiger partial charge in [0.05, 0.1) is 5.71 Å². The molecular weight excluding hydrogens is 412 g/mol. The number of benzene rings is 1. The summed E-state index contributed by atoms with van der Waals surface area (Å²) in [7, 11) is 0. The van der Waals surface area contributed by atoms with E-state index in [1.54, 1.807) is 0 Å². The van der Waals surface area contributed by atoms with Gasteiger partial charge in [-0.3, -0.25) is 9.56 Å². The van der Waals surface area contributed by atoms with E-state index in [1.807, 2.05) is 18.3 Å². The lowest BCUT2D eigenvalue weighted by atomic mass is 9.96. The molecule has 170 valence electrons. The van der Waals surface area contributed by atoms with Crippen molar-refractivity contribution in [2.75, 3.05) is 0 Å². The molecule has 2 aromatic heterocycles. The second-order valence-corrected chi connectivity index (χ2v) is 10.2. The average molecular weight is 449 g/mol. The second kappa shape index (κ2) is 10.6. The number of rotatable bonds is 10. The summed E-state index contributed by atoms with van der Waals surface area (Å²) in [5.74, 6) is 1.88. The van der Waals surface area contributed by atoms with Crippen molar-refractivity contribution >= 4 is 17.0 Å².